The number of sulfonamides is 1. The highest BCUT2D eigenvalue weighted by atomic mass is 32.2. The Labute approximate surface area is 137 Å². The molecule has 1 saturated heterocycles. The van der Waals surface area contributed by atoms with Gasteiger partial charge in [0, 0.05) is 6.54 Å². The van der Waals surface area contributed by atoms with E-state index < -0.39 is 10.0 Å². The maximum Gasteiger partial charge on any atom is 0.243 e. The molecule has 1 aliphatic heterocycles. The van der Waals surface area contributed by atoms with E-state index in [-0.39, 0.29) is 6.04 Å². The monoisotopic (exact) mass is 331 g/mol. The van der Waals surface area contributed by atoms with E-state index in [1.165, 1.54) is 0 Å². The number of rotatable bonds is 4. The smallest absolute Gasteiger partial charge is 0.243 e. The fourth-order valence-electron chi connectivity index (χ4n) is 3.03. The Morgan fingerprint density at radius 1 is 1.04 bits per heavy atom. The molecular weight excluding hydrogens is 310 g/mol. The predicted molar refractivity (Wildman–Crippen MR) is 90.0 cm³/mol. The van der Waals surface area contributed by atoms with Crippen LogP contribution in [0.5, 0.6) is 5.75 Å². The summed E-state index contributed by atoms with van der Waals surface area (Å²) in [7, 11) is -1.84. The summed E-state index contributed by atoms with van der Waals surface area (Å²) in [6.07, 6.45) is 1.72. The third-order valence-electron chi connectivity index (χ3n) is 4.33. The van der Waals surface area contributed by atoms with Crippen molar-refractivity contribution in [2.24, 2.45) is 0 Å². The Balaban J connectivity index is 1.92. The van der Waals surface area contributed by atoms with Crippen LogP contribution in [0.25, 0.3) is 0 Å². The summed E-state index contributed by atoms with van der Waals surface area (Å²) in [4.78, 5) is 0.364. The zero-order valence-electron chi connectivity index (χ0n) is 13.4. The molecule has 122 valence electrons. The lowest BCUT2D eigenvalue weighted by molar-refractivity contribution is 0.394. The summed E-state index contributed by atoms with van der Waals surface area (Å²) in [6.45, 7) is 2.51. The second kappa shape index (κ2) is 6.34. The van der Waals surface area contributed by atoms with E-state index in [4.69, 9.17) is 4.74 Å². The van der Waals surface area contributed by atoms with Crippen molar-refractivity contribution in [3.63, 3.8) is 0 Å². The fraction of sp³-hybridized carbons (Fsp3) is 0.333. The van der Waals surface area contributed by atoms with E-state index in [2.05, 4.69) is 0 Å². The van der Waals surface area contributed by atoms with Crippen molar-refractivity contribution < 1.29 is 13.2 Å². The standard InChI is InChI=1S/C18H21NO3S/c1-14-5-11-17(12-6-14)23(20,21)19-13-3-4-18(19)15-7-9-16(22-2)10-8-15/h5-12,18H,3-4,13H2,1-2H3/t18-/m1/s1. The molecule has 0 amide bonds. The van der Waals surface area contributed by atoms with E-state index in [9.17, 15) is 8.42 Å². The third-order valence-corrected chi connectivity index (χ3v) is 6.25. The molecule has 1 heterocycles. The van der Waals surface area contributed by atoms with Crippen molar-refractivity contribution in [3.05, 3.63) is 59.7 Å². The molecule has 1 fully saturated rings. The highest BCUT2D eigenvalue weighted by Gasteiger charge is 2.36. The summed E-state index contributed by atoms with van der Waals surface area (Å²) in [5.74, 6) is 0.777. The van der Waals surface area contributed by atoms with Crippen LogP contribution in [0.1, 0.15) is 30.0 Å². The van der Waals surface area contributed by atoms with Crippen molar-refractivity contribution in [2.45, 2.75) is 30.7 Å². The fourth-order valence-corrected chi connectivity index (χ4v) is 4.72. The Bertz CT molecular complexity index is 767. The van der Waals surface area contributed by atoms with Crippen molar-refractivity contribution in [3.8, 4) is 5.75 Å². The van der Waals surface area contributed by atoms with Crippen LogP contribution in [0.4, 0.5) is 0 Å². The van der Waals surface area contributed by atoms with Crippen molar-refractivity contribution in [2.75, 3.05) is 13.7 Å². The first-order valence-corrected chi connectivity index (χ1v) is 9.19. The molecule has 0 aromatic heterocycles. The lowest BCUT2D eigenvalue weighted by Crippen LogP contribution is -2.30. The molecule has 0 bridgehead atoms. The van der Waals surface area contributed by atoms with Gasteiger partial charge in [-0.05, 0) is 49.6 Å². The first kappa shape index (κ1) is 16.0. The molecule has 2 aromatic carbocycles. The van der Waals surface area contributed by atoms with Crippen LogP contribution in [0, 0.1) is 6.92 Å². The van der Waals surface area contributed by atoms with Gasteiger partial charge in [0.15, 0.2) is 0 Å². The van der Waals surface area contributed by atoms with Gasteiger partial charge in [0.1, 0.15) is 5.75 Å². The summed E-state index contributed by atoms with van der Waals surface area (Å²) in [6, 6.07) is 14.6. The third kappa shape index (κ3) is 3.12. The quantitative estimate of drug-likeness (QED) is 0.861. The van der Waals surface area contributed by atoms with Gasteiger partial charge in [0.25, 0.3) is 0 Å². The lowest BCUT2D eigenvalue weighted by atomic mass is 10.1. The molecule has 0 aliphatic carbocycles. The molecule has 3 rings (SSSR count). The van der Waals surface area contributed by atoms with E-state index >= 15 is 0 Å². The summed E-state index contributed by atoms with van der Waals surface area (Å²) in [5.41, 5.74) is 2.07. The van der Waals surface area contributed by atoms with Crippen LogP contribution >= 0.6 is 0 Å². The van der Waals surface area contributed by atoms with Gasteiger partial charge in [-0.15, -0.1) is 0 Å². The molecule has 0 unspecified atom stereocenters. The van der Waals surface area contributed by atoms with Crippen LogP contribution in [0.2, 0.25) is 0 Å². The maximum absolute atomic E-state index is 13.0. The molecule has 1 atom stereocenters. The van der Waals surface area contributed by atoms with E-state index in [0.717, 1.165) is 29.7 Å². The van der Waals surface area contributed by atoms with Crippen molar-refractivity contribution >= 4 is 10.0 Å². The van der Waals surface area contributed by atoms with Gasteiger partial charge in [-0.1, -0.05) is 29.8 Å². The molecule has 4 nitrogen and oxygen atoms in total. The Kier molecular flexibility index (Phi) is 4.41. The zero-order chi connectivity index (χ0) is 16.4. The minimum atomic E-state index is -3.47. The normalized spacial score (nSPS) is 19.0. The first-order chi connectivity index (χ1) is 11.0. The molecule has 5 heteroatoms. The molecule has 23 heavy (non-hydrogen) atoms. The van der Waals surface area contributed by atoms with Crippen LogP contribution in [0.15, 0.2) is 53.4 Å². The maximum atomic E-state index is 13.0. The number of aryl methyl sites for hydroxylation is 1. The van der Waals surface area contributed by atoms with Crippen molar-refractivity contribution in [1.82, 2.24) is 4.31 Å². The zero-order valence-corrected chi connectivity index (χ0v) is 14.2. The van der Waals surface area contributed by atoms with Gasteiger partial charge in [0.2, 0.25) is 10.0 Å². The first-order valence-electron chi connectivity index (χ1n) is 7.75. The van der Waals surface area contributed by atoms with Crippen LogP contribution in [-0.2, 0) is 10.0 Å². The van der Waals surface area contributed by atoms with Gasteiger partial charge in [0.05, 0.1) is 18.0 Å². The highest BCUT2D eigenvalue weighted by Crippen LogP contribution is 2.37. The number of hydrogen-bond donors (Lipinski definition) is 0. The van der Waals surface area contributed by atoms with Gasteiger partial charge >= 0.3 is 0 Å². The highest BCUT2D eigenvalue weighted by molar-refractivity contribution is 7.89. The van der Waals surface area contributed by atoms with Gasteiger partial charge in [-0.25, -0.2) is 8.42 Å². The largest absolute Gasteiger partial charge is 0.497 e. The number of ether oxygens (including phenoxy) is 1. The number of nitrogens with zero attached hydrogens (tertiary/aromatic N) is 1. The van der Waals surface area contributed by atoms with Crippen LogP contribution in [0.3, 0.4) is 0 Å². The Morgan fingerprint density at radius 2 is 1.70 bits per heavy atom. The molecule has 2 aromatic rings. The minimum absolute atomic E-state index is 0.104. The predicted octanol–water partition coefficient (Wildman–Crippen LogP) is 3.53. The average molecular weight is 331 g/mol. The molecule has 0 saturated carbocycles. The summed E-state index contributed by atoms with van der Waals surface area (Å²) in [5, 5.41) is 0. The second-order valence-corrected chi connectivity index (χ2v) is 7.75. The van der Waals surface area contributed by atoms with Gasteiger partial charge in [-0.2, -0.15) is 4.31 Å². The second-order valence-electron chi connectivity index (χ2n) is 5.86. The van der Waals surface area contributed by atoms with Crippen LogP contribution < -0.4 is 4.74 Å². The molecule has 1 aliphatic rings. The molecule has 0 N–H and O–H groups in total. The minimum Gasteiger partial charge on any atom is -0.497 e. The number of methoxy groups -OCH3 is 1. The number of benzene rings is 2. The Hall–Kier alpha value is -1.85. The Morgan fingerprint density at radius 3 is 2.30 bits per heavy atom. The van der Waals surface area contributed by atoms with E-state index in [1.54, 1.807) is 23.5 Å². The average Bonchev–Trinajstić information content (AvgIpc) is 3.06. The molecule has 0 radical (unpaired) electrons. The topological polar surface area (TPSA) is 46.6 Å². The molecule has 0 spiro atoms. The summed E-state index contributed by atoms with van der Waals surface area (Å²) < 4.78 is 32.7. The van der Waals surface area contributed by atoms with E-state index in [1.807, 2.05) is 43.3 Å². The van der Waals surface area contributed by atoms with Crippen LogP contribution in [-0.4, -0.2) is 26.4 Å². The lowest BCUT2D eigenvalue weighted by Gasteiger charge is -2.24. The molecular formula is C18H21NO3S. The van der Waals surface area contributed by atoms with Gasteiger partial charge in [-0.3, -0.25) is 0 Å². The van der Waals surface area contributed by atoms with Gasteiger partial charge < -0.3 is 4.74 Å². The SMILES string of the molecule is COc1ccc([C@H]2CCCN2S(=O)(=O)c2ccc(C)cc2)cc1. The van der Waals surface area contributed by atoms with Crippen molar-refractivity contribution in [1.29, 1.82) is 0 Å². The number of hydrogen-bond acceptors (Lipinski definition) is 3. The summed E-state index contributed by atoms with van der Waals surface area (Å²) >= 11 is 0. The van der Waals surface area contributed by atoms with E-state index in [0.29, 0.717) is 11.4 Å².